The number of halogens is 3. The second kappa shape index (κ2) is 8.10. The number of alkyl halides is 3. The second-order valence-electron chi connectivity index (χ2n) is 7.23. The van der Waals surface area contributed by atoms with Crippen molar-refractivity contribution in [1.82, 2.24) is 10.2 Å². The molecule has 0 aromatic heterocycles. The second-order valence-corrected chi connectivity index (χ2v) is 7.23. The van der Waals surface area contributed by atoms with Gasteiger partial charge in [0.15, 0.2) is 0 Å². The molecule has 1 aromatic carbocycles. The summed E-state index contributed by atoms with van der Waals surface area (Å²) in [6.07, 6.45) is -3.96. The number of carbonyl (C=O) groups is 2. The number of hydrogen-bond acceptors (Lipinski definition) is 2. The fourth-order valence-electron chi connectivity index (χ4n) is 3.17. The zero-order valence-electron chi connectivity index (χ0n) is 15.3. The molecule has 1 heterocycles. The van der Waals surface area contributed by atoms with Gasteiger partial charge in [-0.2, -0.15) is 13.2 Å². The van der Waals surface area contributed by atoms with Crippen molar-refractivity contribution < 1.29 is 22.8 Å². The van der Waals surface area contributed by atoms with Crippen LogP contribution in [0, 0.1) is 18.8 Å². The first-order valence-electron chi connectivity index (χ1n) is 8.82. The van der Waals surface area contributed by atoms with E-state index in [1.807, 2.05) is 13.0 Å². The van der Waals surface area contributed by atoms with Gasteiger partial charge < -0.3 is 10.2 Å². The molecule has 1 aromatic rings. The number of rotatable bonds is 4. The molecule has 0 saturated carbocycles. The van der Waals surface area contributed by atoms with E-state index < -0.39 is 30.0 Å². The molecule has 7 heteroatoms. The maximum Gasteiger partial charge on any atom is 0.393 e. The summed E-state index contributed by atoms with van der Waals surface area (Å²) >= 11 is 0. The Morgan fingerprint density at radius 2 is 1.96 bits per heavy atom. The molecule has 1 aliphatic rings. The van der Waals surface area contributed by atoms with Crippen molar-refractivity contribution in [3.8, 4) is 0 Å². The third-order valence-electron chi connectivity index (χ3n) is 4.70. The number of carbonyl (C=O) groups excluding carboxylic acids is 2. The molecular weight excluding hydrogens is 345 g/mol. The van der Waals surface area contributed by atoms with Crippen LogP contribution in [0.2, 0.25) is 0 Å². The van der Waals surface area contributed by atoms with Gasteiger partial charge in [0.2, 0.25) is 5.91 Å². The van der Waals surface area contributed by atoms with Crippen molar-refractivity contribution in [2.24, 2.45) is 11.8 Å². The van der Waals surface area contributed by atoms with E-state index in [2.05, 4.69) is 5.32 Å². The molecule has 144 valence electrons. The zero-order valence-corrected chi connectivity index (χ0v) is 15.3. The number of benzene rings is 1. The molecule has 0 aliphatic carbocycles. The molecule has 0 radical (unpaired) electrons. The molecule has 2 atom stereocenters. The van der Waals surface area contributed by atoms with Crippen LogP contribution in [0.1, 0.15) is 42.6 Å². The van der Waals surface area contributed by atoms with Gasteiger partial charge in [-0.05, 0) is 37.8 Å². The minimum Gasteiger partial charge on any atom is -0.340 e. The highest BCUT2D eigenvalue weighted by Crippen LogP contribution is 2.33. The van der Waals surface area contributed by atoms with Gasteiger partial charge in [0.25, 0.3) is 5.91 Å². The smallest absolute Gasteiger partial charge is 0.340 e. The summed E-state index contributed by atoms with van der Waals surface area (Å²) in [5.41, 5.74) is 1.34. The van der Waals surface area contributed by atoms with Gasteiger partial charge in [0.1, 0.15) is 6.04 Å². The van der Waals surface area contributed by atoms with Crippen molar-refractivity contribution in [2.45, 2.75) is 45.8 Å². The topological polar surface area (TPSA) is 49.4 Å². The van der Waals surface area contributed by atoms with Crippen molar-refractivity contribution in [1.29, 1.82) is 0 Å². The molecule has 2 unspecified atom stereocenters. The molecular formula is C19H25F3N2O2. The number of nitrogens with zero attached hydrogens (tertiary/aromatic N) is 1. The monoisotopic (exact) mass is 370 g/mol. The fourth-order valence-corrected chi connectivity index (χ4v) is 3.17. The molecule has 1 N–H and O–H groups in total. The molecule has 4 nitrogen and oxygen atoms in total. The van der Waals surface area contributed by atoms with Crippen LogP contribution in [-0.4, -0.2) is 42.0 Å². The van der Waals surface area contributed by atoms with E-state index in [1.165, 1.54) is 4.90 Å². The molecule has 1 fully saturated rings. The van der Waals surface area contributed by atoms with Crippen LogP contribution >= 0.6 is 0 Å². The third kappa shape index (κ3) is 4.99. The van der Waals surface area contributed by atoms with E-state index in [0.717, 1.165) is 5.56 Å². The molecule has 1 aliphatic heterocycles. The van der Waals surface area contributed by atoms with Crippen LogP contribution < -0.4 is 5.32 Å². The lowest BCUT2D eigenvalue weighted by molar-refractivity contribution is -0.188. The highest BCUT2D eigenvalue weighted by molar-refractivity contribution is 5.97. The zero-order chi connectivity index (χ0) is 19.5. The van der Waals surface area contributed by atoms with Crippen LogP contribution in [0.25, 0.3) is 0 Å². The lowest BCUT2D eigenvalue weighted by Crippen LogP contribution is -2.54. The van der Waals surface area contributed by atoms with E-state index >= 15 is 0 Å². The van der Waals surface area contributed by atoms with Crippen molar-refractivity contribution >= 4 is 11.8 Å². The van der Waals surface area contributed by atoms with E-state index in [9.17, 15) is 22.8 Å². The van der Waals surface area contributed by atoms with Crippen molar-refractivity contribution in [3.05, 3.63) is 35.4 Å². The Hall–Kier alpha value is -2.05. The molecule has 0 spiro atoms. The van der Waals surface area contributed by atoms with Gasteiger partial charge >= 0.3 is 6.18 Å². The molecule has 2 amide bonds. The highest BCUT2D eigenvalue weighted by atomic mass is 19.4. The predicted octanol–water partition coefficient (Wildman–Crippen LogP) is 3.55. The average Bonchev–Trinajstić information content (AvgIpc) is 2.58. The number of hydrogen-bond donors (Lipinski definition) is 1. The van der Waals surface area contributed by atoms with Gasteiger partial charge in [-0.1, -0.05) is 31.5 Å². The van der Waals surface area contributed by atoms with Gasteiger partial charge in [0, 0.05) is 18.7 Å². The fraction of sp³-hybridized carbons (Fsp3) is 0.579. The lowest BCUT2D eigenvalue weighted by atomic mass is 9.95. The molecule has 26 heavy (non-hydrogen) atoms. The van der Waals surface area contributed by atoms with Crippen molar-refractivity contribution in [3.63, 3.8) is 0 Å². The minimum atomic E-state index is -4.31. The Morgan fingerprint density at radius 1 is 1.27 bits per heavy atom. The van der Waals surface area contributed by atoms with Gasteiger partial charge in [-0.25, -0.2) is 0 Å². The van der Waals surface area contributed by atoms with E-state index in [-0.39, 0.29) is 25.4 Å². The Bertz CT molecular complexity index is 658. The number of aryl methyl sites for hydroxylation is 1. The van der Waals surface area contributed by atoms with E-state index in [1.54, 1.807) is 32.0 Å². The summed E-state index contributed by atoms with van der Waals surface area (Å²) in [5.74, 6) is -2.58. The lowest BCUT2D eigenvalue weighted by Gasteiger charge is -2.36. The summed E-state index contributed by atoms with van der Waals surface area (Å²) in [5, 5.41) is 2.70. The van der Waals surface area contributed by atoms with E-state index in [0.29, 0.717) is 12.0 Å². The first-order chi connectivity index (χ1) is 12.1. The van der Waals surface area contributed by atoms with Gasteiger partial charge in [0.05, 0.1) is 5.92 Å². The molecule has 0 bridgehead atoms. The molecule has 1 saturated heterocycles. The van der Waals surface area contributed by atoms with Crippen molar-refractivity contribution in [2.75, 3.05) is 13.1 Å². The highest BCUT2D eigenvalue weighted by Gasteiger charge is 2.43. The number of piperidine rings is 1. The van der Waals surface area contributed by atoms with Gasteiger partial charge in [-0.15, -0.1) is 0 Å². The first-order valence-corrected chi connectivity index (χ1v) is 8.82. The SMILES string of the molecule is Cc1cccc(C(=O)NC(C(=O)N2CCCC(C(F)(F)F)C2)C(C)C)c1. The summed E-state index contributed by atoms with van der Waals surface area (Å²) in [7, 11) is 0. The normalized spacial score (nSPS) is 19.3. The quantitative estimate of drug-likeness (QED) is 0.881. The summed E-state index contributed by atoms with van der Waals surface area (Å²) in [6, 6.07) is 6.10. The summed E-state index contributed by atoms with van der Waals surface area (Å²) in [6.45, 7) is 5.34. The maximum atomic E-state index is 13.0. The van der Waals surface area contributed by atoms with Crippen LogP contribution in [0.15, 0.2) is 24.3 Å². The third-order valence-corrected chi connectivity index (χ3v) is 4.70. The van der Waals surface area contributed by atoms with Gasteiger partial charge in [-0.3, -0.25) is 9.59 Å². The number of amides is 2. The first kappa shape index (κ1) is 20.3. The number of likely N-dealkylation sites (tertiary alicyclic amines) is 1. The Balaban J connectivity index is 2.11. The van der Waals surface area contributed by atoms with Crippen LogP contribution in [-0.2, 0) is 4.79 Å². The average molecular weight is 370 g/mol. The Morgan fingerprint density at radius 3 is 2.54 bits per heavy atom. The maximum absolute atomic E-state index is 13.0. The number of nitrogens with one attached hydrogen (secondary N) is 1. The Kier molecular flexibility index (Phi) is 6.31. The van der Waals surface area contributed by atoms with E-state index in [4.69, 9.17) is 0 Å². The minimum absolute atomic E-state index is 0.0370. The van der Waals surface area contributed by atoms with Crippen LogP contribution in [0.5, 0.6) is 0 Å². The summed E-state index contributed by atoms with van der Waals surface area (Å²) < 4.78 is 39.0. The Labute approximate surface area is 151 Å². The van der Waals surface area contributed by atoms with Crippen LogP contribution in [0.3, 0.4) is 0 Å². The van der Waals surface area contributed by atoms with Crippen LogP contribution in [0.4, 0.5) is 13.2 Å². The molecule has 2 rings (SSSR count). The largest absolute Gasteiger partial charge is 0.393 e. The summed E-state index contributed by atoms with van der Waals surface area (Å²) in [4.78, 5) is 26.5. The predicted molar refractivity (Wildman–Crippen MR) is 92.6 cm³/mol. The standard InChI is InChI=1S/C19H25F3N2O2/c1-12(2)16(23-17(25)14-7-4-6-13(3)10-14)18(26)24-9-5-8-15(11-24)19(20,21)22/h4,6-7,10,12,15-16H,5,8-9,11H2,1-3H3,(H,23,25).